The van der Waals surface area contributed by atoms with Gasteiger partial charge < -0.3 is 9.73 Å². The van der Waals surface area contributed by atoms with Crippen LogP contribution >= 0.6 is 23.1 Å². The van der Waals surface area contributed by atoms with Crippen molar-refractivity contribution in [3.05, 3.63) is 35.1 Å². The number of amides is 1. The number of nitrogens with one attached hydrogen (secondary N) is 1. The second kappa shape index (κ2) is 7.36. The number of rotatable bonds is 6. The molecular weight excluding hydrogens is 342 g/mol. The molecule has 5 nitrogen and oxygen atoms in total. The van der Waals surface area contributed by atoms with Gasteiger partial charge in [0.15, 0.2) is 4.34 Å². The number of anilines is 1. The first-order chi connectivity index (χ1) is 11.6. The van der Waals surface area contributed by atoms with E-state index in [-0.39, 0.29) is 12.3 Å². The van der Waals surface area contributed by atoms with Crippen molar-refractivity contribution in [3.63, 3.8) is 0 Å². The Labute approximate surface area is 148 Å². The molecule has 1 amide bonds. The monoisotopic (exact) mass is 361 g/mol. The molecule has 3 aromatic rings. The zero-order chi connectivity index (χ0) is 17.1. The number of fused-ring (bicyclic) bond motifs is 1. The zero-order valence-corrected chi connectivity index (χ0v) is 15.5. The van der Waals surface area contributed by atoms with Crippen LogP contribution in [-0.2, 0) is 11.2 Å². The molecule has 0 saturated heterocycles. The van der Waals surface area contributed by atoms with Crippen molar-refractivity contribution >= 4 is 45.1 Å². The SMILES string of the molecule is CCCSc1nnc(NC(=O)Cc2coc3cc(C)cc(C)c23)s1. The van der Waals surface area contributed by atoms with Crippen LogP contribution in [0.3, 0.4) is 0 Å². The number of benzene rings is 1. The minimum Gasteiger partial charge on any atom is -0.464 e. The first kappa shape index (κ1) is 17.0. The summed E-state index contributed by atoms with van der Waals surface area (Å²) in [7, 11) is 0. The second-order valence-electron chi connectivity index (χ2n) is 5.66. The molecular formula is C17H19N3O2S2. The maximum Gasteiger partial charge on any atom is 0.230 e. The molecule has 2 heterocycles. The zero-order valence-electron chi connectivity index (χ0n) is 13.9. The predicted octanol–water partition coefficient (Wildman–Crippen LogP) is 4.58. The van der Waals surface area contributed by atoms with E-state index in [1.165, 1.54) is 11.3 Å². The van der Waals surface area contributed by atoms with E-state index in [0.29, 0.717) is 5.13 Å². The van der Waals surface area contributed by atoms with Gasteiger partial charge in [-0.25, -0.2) is 0 Å². The molecule has 0 fully saturated rings. The number of hydrogen-bond donors (Lipinski definition) is 1. The third kappa shape index (κ3) is 3.79. The van der Waals surface area contributed by atoms with Crippen LogP contribution in [0.25, 0.3) is 11.0 Å². The summed E-state index contributed by atoms with van der Waals surface area (Å²) in [5.41, 5.74) is 3.99. The van der Waals surface area contributed by atoms with Crippen LogP contribution in [0.4, 0.5) is 5.13 Å². The van der Waals surface area contributed by atoms with E-state index in [9.17, 15) is 4.79 Å². The van der Waals surface area contributed by atoms with Gasteiger partial charge in [0, 0.05) is 16.7 Å². The molecule has 7 heteroatoms. The quantitative estimate of drug-likeness (QED) is 0.514. The van der Waals surface area contributed by atoms with E-state index >= 15 is 0 Å². The Bertz CT molecular complexity index is 870. The van der Waals surface area contributed by atoms with Gasteiger partial charge in [0.1, 0.15) is 5.58 Å². The van der Waals surface area contributed by atoms with Crippen LogP contribution in [0.1, 0.15) is 30.0 Å². The summed E-state index contributed by atoms with van der Waals surface area (Å²) in [6.07, 6.45) is 3.01. The van der Waals surface area contributed by atoms with E-state index in [4.69, 9.17) is 4.42 Å². The lowest BCUT2D eigenvalue weighted by atomic mass is 10.0. The number of aromatic nitrogens is 2. The van der Waals surface area contributed by atoms with Gasteiger partial charge in [0.05, 0.1) is 12.7 Å². The smallest absolute Gasteiger partial charge is 0.230 e. The lowest BCUT2D eigenvalue weighted by Crippen LogP contribution is -2.14. The fourth-order valence-electron chi connectivity index (χ4n) is 2.60. The molecule has 0 saturated carbocycles. The molecule has 0 atom stereocenters. The van der Waals surface area contributed by atoms with E-state index in [1.807, 2.05) is 19.9 Å². The first-order valence-corrected chi connectivity index (χ1v) is 9.60. The number of hydrogen-bond acceptors (Lipinski definition) is 6. The highest BCUT2D eigenvalue weighted by molar-refractivity contribution is 8.01. The molecule has 0 spiro atoms. The van der Waals surface area contributed by atoms with Gasteiger partial charge in [-0.1, -0.05) is 36.1 Å². The highest BCUT2D eigenvalue weighted by Gasteiger charge is 2.14. The lowest BCUT2D eigenvalue weighted by molar-refractivity contribution is -0.115. The van der Waals surface area contributed by atoms with Gasteiger partial charge >= 0.3 is 0 Å². The molecule has 0 aliphatic carbocycles. The minimum atomic E-state index is -0.110. The summed E-state index contributed by atoms with van der Waals surface area (Å²) in [4.78, 5) is 12.3. The maximum absolute atomic E-state index is 12.3. The Morgan fingerprint density at radius 1 is 1.33 bits per heavy atom. The van der Waals surface area contributed by atoms with Gasteiger partial charge in [0.25, 0.3) is 0 Å². The predicted molar refractivity (Wildman–Crippen MR) is 98.9 cm³/mol. The minimum absolute atomic E-state index is 0.110. The fourth-order valence-corrected chi connectivity index (χ4v) is 4.29. The topological polar surface area (TPSA) is 68.0 Å². The van der Waals surface area contributed by atoms with Crippen molar-refractivity contribution in [1.82, 2.24) is 10.2 Å². The Balaban J connectivity index is 1.70. The second-order valence-corrected chi connectivity index (χ2v) is 7.98. The van der Waals surface area contributed by atoms with E-state index in [0.717, 1.165) is 44.2 Å². The van der Waals surface area contributed by atoms with Crippen molar-refractivity contribution in [2.24, 2.45) is 0 Å². The Morgan fingerprint density at radius 3 is 2.96 bits per heavy atom. The summed E-state index contributed by atoms with van der Waals surface area (Å²) in [6, 6.07) is 4.09. The van der Waals surface area contributed by atoms with E-state index in [1.54, 1.807) is 18.0 Å². The van der Waals surface area contributed by atoms with Crippen LogP contribution in [0.15, 0.2) is 27.2 Å². The van der Waals surface area contributed by atoms with Gasteiger partial charge in [-0.15, -0.1) is 10.2 Å². The normalized spacial score (nSPS) is 11.1. The summed E-state index contributed by atoms with van der Waals surface area (Å²) in [5.74, 6) is 0.892. The molecule has 24 heavy (non-hydrogen) atoms. The van der Waals surface area contributed by atoms with Crippen molar-refractivity contribution in [2.45, 2.75) is 38.0 Å². The average Bonchev–Trinajstić information content (AvgIpc) is 3.12. The number of nitrogens with zero attached hydrogens (tertiary/aromatic N) is 2. The third-order valence-corrected chi connectivity index (χ3v) is 5.70. The van der Waals surface area contributed by atoms with Gasteiger partial charge in [-0.3, -0.25) is 4.79 Å². The highest BCUT2D eigenvalue weighted by Crippen LogP contribution is 2.28. The Kier molecular flexibility index (Phi) is 5.20. The van der Waals surface area contributed by atoms with Crippen LogP contribution in [-0.4, -0.2) is 21.9 Å². The maximum atomic E-state index is 12.3. The van der Waals surface area contributed by atoms with Crippen molar-refractivity contribution in [1.29, 1.82) is 0 Å². The number of aryl methyl sites for hydroxylation is 2. The average molecular weight is 361 g/mol. The molecule has 1 N–H and O–H groups in total. The van der Waals surface area contributed by atoms with Crippen LogP contribution in [0, 0.1) is 13.8 Å². The molecule has 0 unspecified atom stereocenters. The standard InChI is InChI=1S/C17H19N3O2S2/c1-4-5-23-17-20-19-16(24-17)18-14(21)8-12-9-22-13-7-10(2)6-11(3)15(12)13/h6-7,9H,4-5,8H2,1-3H3,(H,18,19,21). The number of furan rings is 1. The molecule has 1 aromatic carbocycles. The molecule has 126 valence electrons. The van der Waals surface area contributed by atoms with E-state index < -0.39 is 0 Å². The summed E-state index contributed by atoms with van der Waals surface area (Å²) < 4.78 is 6.48. The lowest BCUT2D eigenvalue weighted by Gasteiger charge is -2.02. The molecule has 0 radical (unpaired) electrons. The van der Waals surface area contributed by atoms with Gasteiger partial charge in [-0.05, 0) is 37.5 Å². The number of thioether (sulfide) groups is 1. The highest BCUT2D eigenvalue weighted by atomic mass is 32.2. The van der Waals surface area contributed by atoms with Crippen molar-refractivity contribution in [3.8, 4) is 0 Å². The first-order valence-electron chi connectivity index (χ1n) is 7.80. The van der Waals surface area contributed by atoms with Gasteiger partial charge in [-0.2, -0.15) is 0 Å². The molecule has 3 rings (SSSR count). The number of carbonyl (C=O) groups excluding carboxylic acids is 1. The Hall–Kier alpha value is -1.86. The van der Waals surface area contributed by atoms with Crippen LogP contribution in [0.5, 0.6) is 0 Å². The third-order valence-electron chi connectivity index (χ3n) is 3.53. The van der Waals surface area contributed by atoms with Crippen LogP contribution < -0.4 is 5.32 Å². The number of carbonyl (C=O) groups is 1. The summed E-state index contributed by atoms with van der Waals surface area (Å²) >= 11 is 3.07. The van der Waals surface area contributed by atoms with Gasteiger partial charge in [0.2, 0.25) is 11.0 Å². The fraction of sp³-hybridized carbons (Fsp3) is 0.353. The largest absolute Gasteiger partial charge is 0.464 e. The molecule has 0 aliphatic heterocycles. The van der Waals surface area contributed by atoms with E-state index in [2.05, 4.69) is 28.5 Å². The van der Waals surface area contributed by atoms with Crippen molar-refractivity contribution in [2.75, 3.05) is 11.1 Å². The Morgan fingerprint density at radius 2 is 2.17 bits per heavy atom. The van der Waals surface area contributed by atoms with Crippen LogP contribution in [0.2, 0.25) is 0 Å². The molecule has 0 bridgehead atoms. The summed E-state index contributed by atoms with van der Waals surface area (Å²) in [5, 5.41) is 12.5. The van der Waals surface area contributed by atoms with Crippen molar-refractivity contribution < 1.29 is 9.21 Å². The summed E-state index contributed by atoms with van der Waals surface area (Å²) in [6.45, 7) is 6.19. The molecule has 2 aromatic heterocycles. The molecule has 0 aliphatic rings.